The molecular formula is C18H21N3O. The van der Waals surface area contributed by atoms with E-state index in [1.54, 1.807) is 12.4 Å². The summed E-state index contributed by atoms with van der Waals surface area (Å²) in [5.74, 6) is 0.0781. The second-order valence-electron chi connectivity index (χ2n) is 5.81. The number of hydrogen-bond donors (Lipinski definition) is 2. The van der Waals surface area contributed by atoms with Crippen molar-refractivity contribution >= 4 is 11.6 Å². The summed E-state index contributed by atoms with van der Waals surface area (Å²) in [5.41, 5.74) is 4.15. The van der Waals surface area contributed by atoms with Crippen molar-refractivity contribution in [2.45, 2.75) is 32.2 Å². The first kappa shape index (κ1) is 14.7. The molecule has 4 nitrogen and oxygen atoms in total. The number of amides is 1. The maximum atomic E-state index is 12.2. The van der Waals surface area contributed by atoms with Crippen LogP contribution in [0.25, 0.3) is 11.1 Å². The van der Waals surface area contributed by atoms with Crippen LogP contribution in [0.1, 0.15) is 24.8 Å². The smallest absolute Gasteiger partial charge is 0.225 e. The van der Waals surface area contributed by atoms with Crippen LogP contribution in [-0.4, -0.2) is 23.5 Å². The van der Waals surface area contributed by atoms with Crippen molar-refractivity contribution in [3.05, 3.63) is 48.3 Å². The number of pyridine rings is 1. The van der Waals surface area contributed by atoms with Crippen LogP contribution in [0.3, 0.4) is 0 Å². The SMILES string of the molecule is Cc1ccc(-c2ccncc2)cc1NC(=O)CC1CCCN1. The fraction of sp³-hybridized carbons (Fsp3) is 0.333. The zero-order valence-electron chi connectivity index (χ0n) is 12.8. The first-order chi connectivity index (χ1) is 10.7. The lowest BCUT2D eigenvalue weighted by Crippen LogP contribution is -2.27. The van der Waals surface area contributed by atoms with Crippen molar-refractivity contribution in [2.75, 3.05) is 11.9 Å². The summed E-state index contributed by atoms with van der Waals surface area (Å²) in [6, 6.07) is 10.4. The molecule has 1 aromatic carbocycles. The average Bonchev–Trinajstić information content (AvgIpc) is 3.03. The zero-order chi connectivity index (χ0) is 15.4. The summed E-state index contributed by atoms with van der Waals surface area (Å²) in [4.78, 5) is 16.2. The molecular weight excluding hydrogens is 274 g/mol. The monoisotopic (exact) mass is 295 g/mol. The number of nitrogens with one attached hydrogen (secondary N) is 2. The van der Waals surface area contributed by atoms with Crippen LogP contribution in [0, 0.1) is 6.92 Å². The Labute approximate surface area is 131 Å². The maximum absolute atomic E-state index is 12.2. The van der Waals surface area contributed by atoms with Gasteiger partial charge in [0.15, 0.2) is 0 Å². The standard InChI is InChI=1S/C18H21N3O/c1-13-4-5-15(14-6-9-19-10-7-14)11-17(13)21-18(22)12-16-3-2-8-20-16/h4-7,9-11,16,20H,2-3,8,12H2,1H3,(H,21,22). The summed E-state index contributed by atoms with van der Waals surface area (Å²) in [6.07, 6.45) is 6.34. The van der Waals surface area contributed by atoms with E-state index < -0.39 is 0 Å². The van der Waals surface area contributed by atoms with E-state index >= 15 is 0 Å². The van der Waals surface area contributed by atoms with Gasteiger partial charge in [0, 0.05) is 30.5 Å². The number of nitrogens with zero attached hydrogens (tertiary/aromatic N) is 1. The first-order valence-electron chi connectivity index (χ1n) is 7.76. The molecule has 2 N–H and O–H groups in total. The Hall–Kier alpha value is -2.20. The maximum Gasteiger partial charge on any atom is 0.225 e. The Balaban J connectivity index is 1.74. The zero-order valence-corrected chi connectivity index (χ0v) is 12.8. The number of carbonyl (C=O) groups excluding carboxylic acids is 1. The van der Waals surface area contributed by atoms with Gasteiger partial charge in [0.05, 0.1) is 0 Å². The highest BCUT2D eigenvalue weighted by molar-refractivity contribution is 5.92. The van der Waals surface area contributed by atoms with Crippen molar-refractivity contribution in [3.63, 3.8) is 0 Å². The molecule has 2 aromatic rings. The lowest BCUT2D eigenvalue weighted by atomic mass is 10.0. The van der Waals surface area contributed by atoms with Gasteiger partial charge >= 0.3 is 0 Å². The predicted octanol–water partition coefficient (Wildman–Crippen LogP) is 3.14. The molecule has 1 aromatic heterocycles. The van der Waals surface area contributed by atoms with Gasteiger partial charge in [-0.3, -0.25) is 9.78 Å². The lowest BCUT2D eigenvalue weighted by molar-refractivity contribution is -0.116. The fourth-order valence-corrected chi connectivity index (χ4v) is 2.84. The van der Waals surface area contributed by atoms with Gasteiger partial charge in [-0.1, -0.05) is 12.1 Å². The van der Waals surface area contributed by atoms with Gasteiger partial charge < -0.3 is 10.6 Å². The highest BCUT2D eigenvalue weighted by Gasteiger charge is 2.18. The van der Waals surface area contributed by atoms with Crippen molar-refractivity contribution in [3.8, 4) is 11.1 Å². The van der Waals surface area contributed by atoms with Crippen molar-refractivity contribution < 1.29 is 4.79 Å². The molecule has 1 atom stereocenters. The third kappa shape index (κ3) is 3.52. The van der Waals surface area contributed by atoms with Crippen molar-refractivity contribution in [2.24, 2.45) is 0 Å². The molecule has 22 heavy (non-hydrogen) atoms. The molecule has 1 fully saturated rings. The van der Waals surface area contributed by atoms with Crippen LogP contribution in [0.15, 0.2) is 42.7 Å². The molecule has 1 aliphatic heterocycles. The molecule has 1 aliphatic rings. The Morgan fingerprint density at radius 1 is 1.27 bits per heavy atom. The van der Waals surface area contributed by atoms with E-state index in [0.29, 0.717) is 12.5 Å². The summed E-state index contributed by atoms with van der Waals surface area (Å²) in [7, 11) is 0. The minimum absolute atomic E-state index is 0.0781. The minimum atomic E-state index is 0.0781. The number of carbonyl (C=O) groups is 1. The summed E-state index contributed by atoms with van der Waals surface area (Å²) >= 11 is 0. The molecule has 1 unspecified atom stereocenters. The van der Waals surface area contributed by atoms with E-state index in [2.05, 4.69) is 21.7 Å². The second kappa shape index (κ2) is 6.71. The summed E-state index contributed by atoms with van der Waals surface area (Å²) in [5, 5.41) is 6.41. The first-order valence-corrected chi connectivity index (χ1v) is 7.76. The second-order valence-corrected chi connectivity index (χ2v) is 5.81. The Kier molecular flexibility index (Phi) is 4.49. The molecule has 0 bridgehead atoms. The van der Waals surface area contributed by atoms with Gasteiger partial charge in [-0.05, 0) is 61.2 Å². The number of rotatable bonds is 4. The van der Waals surface area contributed by atoms with Gasteiger partial charge in [-0.15, -0.1) is 0 Å². The predicted molar refractivity (Wildman–Crippen MR) is 88.7 cm³/mol. The van der Waals surface area contributed by atoms with Crippen LogP contribution in [0.2, 0.25) is 0 Å². The van der Waals surface area contributed by atoms with E-state index in [0.717, 1.165) is 41.8 Å². The quantitative estimate of drug-likeness (QED) is 0.911. The topological polar surface area (TPSA) is 54.0 Å². The average molecular weight is 295 g/mol. The van der Waals surface area contributed by atoms with E-state index in [-0.39, 0.29) is 5.91 Å². The third-order valence-electron chi connectivity index (χ3n) is 4.12. The Bertz CT molecular complexity index is 649. The van der Waals surface area contributed by atoms with Crippen LogP contribution >= 0.6 is 0 Å². The third-order valence-corrected chi connectivity index (χ3v) is 4.12. The van der Waals surface area contributed by atoms with Gasteiger partial charge in [0.25, 0.3) is 0 Å². The minimum Gasteiger partial charge on any atom is -0.326 e. The number of aromatic nitrogens is 1. The molecule has 0 spiro atoms. The molecule has 1 amide bonds. The summed E-state index contributed by atoms with van der Waals surface area (Å²) in [6.45, 7) is 3.04. The van der Waals surface area contributed by atoms with Crippen LogP contribution in [0.4, 0.5) is 5.69 Å². The van der Waals surface area contributed by atoms with Gasteiger partial charge in [-0.2, -0.15) is 0 Å². The molecule has 2 heterocycles. The fourth-order valence-electron chi connectivity index (χ4n) is 2.84. The largest absolute Gasteiger partial charge is 0.326 e. The van der Waals surface area contributed by atoms with Crippen LogP contribution < -0.4 is 10.6 Å². The molecule has 0 radical (unpaired) electrons. The van der Waals surface area contributed by atoms with E-state index in [9.17, 15) is 4.79 Å². The Morgan fingerprint density at radius 3 is 2.82 bits per heavy atom. The molecule has 1 saturated heterocycles. The highest BCUT2D eigenvalue weighted by Crippen LogP contribution is 2.25. The van der Waals surface area contributed by atoms with Gasteiger partial charge in [-0.25, -0.2) is 0 Å². The van der Waals surface area contributed by atoms with Crippen LogP contribution in [0.5, 0.6) is 0 Å². The number of aryl methyl sites for hydroxylation is 1. The number of benzene rings is 1. The van der Waals surface area contributed by atoms with Crippen LogP contribution in [-0.2, 0) is 4.79 Å². The number of hydrogen-bond acceptors (Lipinski definition) is 3. The molecule has 0 aliphatic carbocycles. The van der Waals surface area contributed by atoms with Gasteiger partial charge in [0.2, 0.25) is 5.91 Å². The normalized spacial score (nSPS) is 17.4. The van der Waals surface area contributed by atoms with E-state index in [1.165, 1.54) is 0 Å². The van der Waals surface area contributed by atoms with E-state index in [1.807, 2.05) is 31.2 Å². The van der Waals surface area contributed by atoms with Crippen molar-refractivity contribution in [1.29, 1.82) is 0 Å². The molecule has 114 valence electrons. The van der Waals surface area contributed by atoms with Crippen molar-refractivity contribution in [1.82, 2.24) is 10.3 Å². The summed E-state index contributed by atoms with van der Waals surface area (Å²) < 4.78 is 0. The van der Waals surface area contributed by atoms with Gasteiger partial charge in [0.1, 0.15) is 0 Å². The molecule has 0 saturated carbocycles. The Morgan fingerprint density at radius 2 is 2.09 bits per heavy atom. The lowest BCUT2D eigenvalue weighted by Gasteiger charge is -2.13. The van der Waals surface area contributed by atoms with E-state index in [4.69, 9.17) is 0 Å². The molecule has 4 heteroatoms. The number of anilines is 1. The molecule has 3 rings (SSSR count). The highest BCUT2D eigenvalue weighted by atomic mass is 16.1.